The van der Waals surface area contributed by atoms with Gasteiger partial charge in [-0.1, -0.05) is 28.1 Å². The van der Waals surface area contributed by atoms with Gasteiger partial charge in [0, 0.05) is 25.1 Å². The predicted octanol–water partition coefficient (Wildman–Crippen LogP) is 1.97. The Kier molecular flexibility index (Phi) is 5.25. The first-order valence-electron chi connectivity index (χ1n) is 4.65. The maximum atomic E-state index is 9.77. The minimum Gasteiger partial charge on any atom is -0.387 e. The Bertz CT molecular complexity index is 282. The summed E-state index contributed by atoms with van der Waals surface area (Å²) in [7, 11) is 3.03. The molecule has 0 spiro atoms. The smallest absolute Gasteiger partial charge is 0.183 e. The third-order valence-corrected chi connectivity index (χ3v) is 2.67. The topological polar surface area (TPSA) is 38.7 Å². The summed E-state index contributed by atoms with van der Waals surface area (Å²) in [6, 6.07) is 7.79. The molecule has 15 heavy (non-hydrogen) atoms. The van der Waals surface area contributed by atoms with Gasteiger partial charge in [-0.2, -0.15) is 0 Å². The Morgan fingerprint density at radius 1 is 1.20 bits per heavy atom. The van der Waals surface area contributed by atoms with Gasteiger partial charge >= 0.3 is 0 Å². The van der Waals surface area contributed by atoms with Crippen LogP contribution in [0.4, 0.5) is 0 Å². The van der Waals surface area contributed by atoms with E-state index in [4.69, 9.17) is 9.47 Å². The van der Waals surface area contributed by atoms with Crippen molar-refractivity contribution in [1.29, 1.82) is 0 Å². The van der Waals surface area contributed by atoms with Crippen LogP contribution >= 0.6 is 15.9 Å². The number of hydrogen-bond donors (Lipinski definition) is 1. The van der Waals surface area contributed by atoms with Gasteiger partial charge in [-0.25, -0.2) is 0 Å². The summed E-state index contributed by atoms with van der Waals surface area (Å²) in [5, 5.41) is 9.77. The van der Waals surface area contributed by atoms with Crippen LogP contribution in [-0.2, 0) is 15.9 Å². The number of aliphatic hydroxyl groups excluding tert-OH is 1. The Balaban J connectivity index is 2.57. The van der Waals surface area contributed by atoms with Crippen molar-refractivity contribution in [2.24, 2.45) is 0 Å². The van der Waals surface area contributed by atoms with E-state index in [1.165, 1.54) is 14.2 Å². The molecule has 0 bridgehead atoms. The number of hydrogen-bond acceptors (Lipinski definition) is 3. The molecule has 0 aliphatic heterocycles. The number of halogens is 1. The lowest BCUT2D eigenvalue weighted by Crippen LogP contribution is -2.31. The molecule has 3 nitrogen and oxygen atoms in total. The molecule has 1 atom stereocenters. The van der Waals surface area contributed by atoms with E-state index in [1.807, 2.05) is 24.3 Å². The SMILES string of the molecule is COC(OC)C(O)Cc1ccc(Br)cc1. The molecule has 1 aromatic carbocycles. The number of ether oxygens (including phenoxy) is 2. The van der Waals surface area contributed by atoms with Crippen molar-refractivity contribution in [2.45, 2.75) is 18.8 Å². The third-order valence-electron chi connectivity index (χ3n) is 2.14. The van der Waals surface area contributed by atoms with Gasteiger partial charge in [-0.3, -0.25) is 0 Å². The Hall–Kier alpha value is -0.420. The highest BCUT2D eigenvalue weighted by atomic mass is 79.9. The van der Waals surface area contributed by atoms with Crippen LogP contribution in [0.5, 0.6) is 0 Å². The lowest BCUT2D eigenvalue weighted by molar-refractivity contribution is -0.163. The number of benzene rings is 1. The second-order valence-electron chi connectivity index (χ2n) is 3.24. The highest BCUT2D eigenvalue weighted by molar-refractivity contribution is 9.10. The van der Waals surface area contributed by atoms with Gasteiger partial charge in [0.25, 0.3) is 0 Å². The van der Waals surface area contributed by atoms with E-state index in [0.717, 1.165) is 10.0 Å². The highest BCUT2D eigenvalue weighted by Gasteiger charge is 2.17. The molecule has 0 aromatic heterocycles. The van der Waals surface area contributed by atoms with Crippen LogP contribution in [0.15, 0.2) is 28.7 Å². The molecular weight excluding hydrogens is 260 g/mol. The fourth-order valence-corrected chi connectivity index (χ4v) is 1.63. The van der Waals surface area contributed by atoms with Gasteiger partial charge in [0.15, 0.2) is 6.29 Å². The number of rotatable bonds is 5. The molecule has 0 aliphatic rings. The van der Waals surface area contributed by atoms with Crippen molar-refractivity contribution in [3.05, 3.63) is 34.3 Å². The zero-order chi connectivity index (χ0) is 11.3. The highest BCUT2D eigenvalue weighted by Crippen LogP contribution is 2.13. The van der Waals surface area contributed by atoms with Gasteiger partial charge in [-0.05, 0) is 17.7 Å². The van der Waals surface area contributed by atoms with Crippen LogP contribution in [0.1, 0.15) is 5.56 Å². The molecule has 0 saturated carbocycles. The fraction of sp³-hybridized carbons (Fsp3) is 0.455. The summed E-state index contributed by atoms with van der Waals surface area (Å²) in [6.45, 7) is 0. The summed E-state index contributed by atoms with van der Waals surface area (Å²) >= 11 is 3.36. The summed E-state index contributed by atoms with van der Waals surface area (Å²) in [4.78, 5) is 0. The minimum absolute atomic E-state index is 0.514. The molecule has 1 aromatic rings. The van der Waals surface area contributed by atoms with Gasteiger partial charge < -0.3 is 14.6 Å². The number of aliphatic hydroxyl groups is 1. The summed E-state index contributed by atoms with van der Waals surface area (Å²) < 4.78 is 11.0. The van der Waals surface area contributed by atoms with Crippen LogP contribution < -0.4 is 0 Å². The van der Waals surface area contributed by atoms with E-state index < -0.39 is 12.4 Å². The van der Waals surface area contributed by atoms with Gasteiger partial charge in [0.2, 0.25) is 0 Å². The first-order valence-corrected chi connectivity index (χ1v) is 5.44. The first kappa shape index (κ1) is 12.6. The van der Waals surface area contributed by atoms with Crippen LogP contribution in [0.25, 0.3) is 0 Å². The van der Waals surface area contributed by atoms with Crippen LogP contribution in [0.2, 0.25) is 0 Å². The van der Waals surface area contributed by atoms with Crippen molar-refractivity contribution in [3.63, 3.8) is 0 Å². The zero-order valence-electron chi connectivity index (χ0n) is 8.81. The van der Waals surface area contributed by atoms with Crippen LogP contribution in [0, 0.1) is 0 Å². The molecule has 1 rings (SSSR count). The molecule has 0 saturated heterocycles. The average Bonchev–Trinajstić information content (AvgIpc) is 2.23. The molecule has 1 N–H and O–H groups in total. The largest absolute Gasteiger partial charge is 0.387 e. The van der Waals surface area contributed by atoms with E-state index >= 15 is 0 Å². The minimum atomic E-state index is -0.652. The number of methoxy groups -OCH3 is 2. The van der Waals surface area contributed by atoms with E-state index in [2.05, 4.69) is 15.9 Å². The predicted molar refractivity (Wildman–Crippen MR) is 61.7 cm³/mol. The van der Waals surface area contributed by atoms with E-state index in [9.17, 15) is 5.11 Å². The van der Waals surface area contributed by atoms with Gasteiger partial charge in [-0.15, -0.1) is 0 Å². The van der Waals surface area contributed by atoms with Crippen molar-refractivity contribution in [2.75, 3.05) is 14.2 Å². The Morgan fingerprint density at radius 2 is 1.73 bits per heavy atom. The molecule has 1 unspecified atom stereocenters. The third kappa shape index (κ3) is 3.91. The molecule has 0 radical (unpaired) electrons. The molecule has 84 valence electrons. The van der Waals surface area contributed by atoms with Crippen molar-refractivity contribution in [1.82, 2.24) is 0 Å². The monoisotopic (exact) mass is 274 g/mol. The average molecular weight is 275 g/mol. The van der Waals surface area contributed by atoms with Crippen molar-refractivity contribution in [3.8, 4) is 0 Å². The second kappa shape index (κ2) is 6.23. The lowest BCUT2D eigenvalue weighted by atomic mass is 10.1. The molecular formula is C11H15BrO3. The van der Waals surface area contributed by atoms with E-state index in [1.54, 1.807) is 0 Å². The zero-order valence-corrected chi connectivity index (χ0v) is 10.4. The van der Waals surface area contributed by atoms with E-state index in [0.29, 0.717) is 6.42 Å². The quantitative estimate of drug-likeness (QED) is 0.835. The van der Waals surface area contributed by atoms with Crippen molar-refractivity contribution < 1.29 is 14.6 Å². The second-order valence-corrected chi connectivity index (χ2v) is 4.15. The Morgan fingerprint density at radius 3 is 2.20 bits per heavy atom. The molecule has 0 heterocycles. The van der Waals surface area contributed by atoms with Gasteiger partial charge in [0.1, 0.15) is 6.10 Å². The lowest BCUT2D eigenvalue weighted by Gasteiger charge is -2.19. The van der Waals surface area contributed by atoms with E-state index in [-0.39, 0.29) is 0 Å². The van der Waals surface area contributed by atoms with Crippen LogP contribution in [0.3, 0.4) is 0 Å². The molecule has 0 aliphatic carbocycles. The molecule has 0 amide bonds. The standard InChI is InChI=1S/C11H15BrO3/c1-14-11(15-2)10(13)7-8-3-5-9(12)6-4-8/h3-6,10-11,13H,7H2,1-2H3. The normalized spacial score (nSPS) is 13.1. The maximum Gasteiger partial charge on any atom is 0.183 e. The summed E-state index contributed by atoms with van der Waals surface area (Å²) in [5.74, 6) is 0. The molecule has 0 fully saturated rings. The Labute approximate surface area is 98.1 Å². The maximum absolute atomic E-state index is 9.77. The fourth-order valence-electron chi connectivity index (χ4n) is 1.37. The summed E-state index contributed by atoms with van der Waals surface area (Å²) in [6.07, 6.45) is -0.713. The summed E-state index contributed by atoms with van der Waals surface area (Å²) in [5.41, 5.74) is 1.05. The molecule has 4 heteroatoms. The first-order chi connectivity index (χ1) is 7.17. The van der Waals surface area contributed by atoms with Gasteiger partial charge in [0.05, 0.1) is 0 Å². The van der Waals surface area contributed by atoms with Crippen LogP contribution in [-0.4, -0.2) is 31.7 Å². The van der Waals surface area contributed by atoms with Crippen molar-refractivity contribution >= 4 is 15.9 Å².